The maximum Gasteiger partial charge on any atom is 0.241 e. The molecule has 0 radical (unpaired) electrons. The summed E-state index contributed by atoms with van der Waals surface area (Å²) in [6.45, 7) is 2.68. The van der Waals surface area contributed by atoms with E-state index in [1.54, 1.807) is 12.1 Å². The Kier molecular flexibility index (Phi) is 3.62. The van der Waals surface area contributed by atoms with Crippen LogP contribution in [-0.2, 0) is 19.1 Å². The first-order valence-corrected chi connectivity index (χ1v) is 8.17. The number of anilines is 1. The molecule has 2 fully saturated rings. The molecule has 1 spiro atoms. The van der Waals surface area contributed by atoms with E-state index >= 15 is 0 Å². The molecule has 2 saturated heterocycles. The molecular weight excluding hydrogens is 306 g/mol. The van der Waals surface area contributed by atoms with Crippen LogP contribution in [0.4, 0.5) is 5.69 Å². The lowest BCUT2D eigenvalue weighted by Gasteiger charge is -2.32. The molecule has 0 saturated carbocycles. The molecule has 0 N–H and O–H groups in total. The summed E-state index contributed by atoms with van der Waals surface area (Å²) in [6, 6.07) is 9.07. The van der Waals surface area contributed by atoms with Crippen LogP contribution in [0.5, 0.6) is 0 Å². The Bertz CT molecular complexity index is 726. The Morgan fingerprint density at radius 3 is 2.67 bits per heavy atom. The van der Waals surface area contributed by atoms with Gasteiger partial charge in [-0.2, -0.15) is 0 Å². The molecule has 0 unspecified atom stereocenters. The van der Waals surface area contributed by atoms with Gasteiger partial charge in [0.05, 0.1) is 36.8 Å². The van der Waals surface area contributed by atoms with Crippen molar-refractivity contribution in [3.63, 3.8) is 0 Å². The Balaban J connectivity index is 1.79. The fourth-order valence-corrected chi connectivity index (χ4v) is 3.97. The average Bonchev–Trinajstić information content (AvgIpc) is 3.04. The summed E-state index contributed by atoms with van der Waals surface area (Å²) in [5.41, 5.74) is -0.249. The Morgan fingerprint density at radius 2 is 2.00 bits per heavy atom. The van der Waals surface area contributed by atoms with E-state index in [9.17, 15) is 9.59 Å². The molecule has 3 aliphatic heterocycles. The van der Waals surface area contributed by atoms with Gasteiger partial charge in [0.15, 0.2) is 0 Å². The number of allylic oxidation sites excluding steroid dienone is 1. The third-order valence-corrected chi connectivity index (χ3v) is 4.93. The largest absolute Gasteiger partial charge is 0.374 e. The standard InChI is InChI=1S/C19H19NO4/c1-2-7-14-15-16(19(24-14)10-6-11-23-12-19)18(22)20(17(15)21)13-8-4-3-5-9-13/h2-10,14-16H,11-12H2,1H3/b7-2+/t14-,15+,16-,19-/m1/s1. The summed E-state index contributed by atoms with van der Waals surface area (Å²) in [5, 5.41) is 0. The van der Waals surface area contributed by atoms with E-state index in [4.69, 9.17) is 9.47 Å². The highest BCUT2D eigenvalue weighted by Crippen LogP contribution is 2.49. The Labute approximate surface area is 140 Å². The number of para-hydroxylation sites is 1. The molecule has 0 bridgehead atoms. The molecule has 4 rings (SSSR count). The molecule has 1 aromatic rings. The quantitative estimate of drug-likeness (QED) is 0.617. The van der Waals surface area contributed by atoms with Crippen LogP contribution in [0.25, 0.3) is 0 Å². The van der Waals surface area contributed by atoms with Crippen molar-refractivity contribution in [3.8, 4) is 0 Å². The molecule has 2 amide bonds. The molecule has 5 heteroatoms. The molecular formula is C19H19NO4. The van der Waals surface area contributed by atoms with E-state index in [0.717, 1.165) is 0 Å². The van der Waals surface area contributed by atoms with Gasteiger partial charge in [-0.1, -0.05) is 42.5 Å². The predicted octanol–water partition coefficient (Wildman–Crippen LogP) is 2.09. The van der Waals surface area contributed by atoms with Crippen molar-refractivity contribution < 1.29 is 19.1 Å². The topological polar surface area (TPSA) is 55.8 Å². The minimum atomic E-state index is -0.858. The lowest BCUT2D eigenvalue weighted by Crippen LogP contribution is -2.46. The second-order valence-corrected chi connectivity index (χ2v) is 6.33. The van der Waals surface area contributed by atoms with Crippen molar-refractivity contribution in [1.29, 1.82) is 0 Å². The SMILES string of the molecule is C/C=C/[C@H]1O[C@@]2(C=CCOC2)[C@H]2C(=O)N(c3ccccc3)C(=O)[C@@H]12. The van der Waals surface area contributed by atoms with Crippen LogP contribution in [-0.4, -0.2) is 36.7 Å². The molecule has 1 aromatic carbocycles. The van der Waals surface area contributed by atoms with Gasteiger partial charge < -0.3 is 9.47 Å². The van der Waals surface area contributed by atoms with Gasteiger partial charge in [0, 0.05) is 0 Å². The number of hydrogen-bond donors (Lipinski definition) is 0. The van der Waals surface area contributed by atoms with Gasteiger partial charge in [0.25, 0.3) is 0 Å². The monoisotopic (exact) mass is 325 g/mol. The molecule has 0 aliphatic carbocycles. The number of ether oxygens (including phenoxy) is 2. The van der Waals surface area contributed by atoms with Gasteiger partial charge in [-0.3, -0.25) is 9.59 Å². The van der Waals surface area contributed by atoms with Crippen molar-refractivity contribution in [3.05, 3.63) is 54.6 Å². The van der Waals surface area contributed by atoms with Gasteiger partial charge in [-0.15, -0.1) is 0 Å². The molecule has 5 nitrogen and oxygen atoms in total. The Morgan fingerprint density at radius 1 is 1.21 bits per heavy atom. The van der Waals surface area contributed by atoms with Crippen LogP contribution in [0.1, 0.15) is 6.92 Å². The average molecular weight is 325 g/mol. The predicted molar refractivity (Wildman–Crippen MR) is 88.3 cm³/mol. The van der Waals surface area contributed by atoms with Gasteiger partial charge >= 0.3 is 0 Å². The zero-order valence-corrected chi connectivity index (χ0v) is 13.4. The number of amides is 2. The first-order chi connectivity index (χ1) is 11.7. The number of imide groups is 1. The van der Waals surface area contributed by atoms with Crippen molar-refractivity contribution in [1.82, 2.24) is 0 Å². The molecule has 3 heterocycles. The van der Waals surface area contributed by atoms with Crippen molar-refractivity contribution in [2.75, 3.05) is 18.1 Å². The van der Waals surface area contributed by atoms with Crippen LogP contribution in [0.2, 0.25) is 0 Å². The maximum atomic E-state index is 13.1. The number of nitrogens with zero attached hydrogens (tertiary/aromatic N) is 1. The summed E-state index contributed by atoms with van der Waals surface area (Å²) >= 11 is 0. The molecule has 0 aromatic heterocycles. The summed E-state index contributed by atoms with van der Waals surface area (Å²) in [4.78, 5) is 27.5. The number of carbonyl (C=O) groups excluding carboxylic acids is 2. The fourth-order valence-electron chi connectivity index (χ4n) is 3.97. The van der Waals surface area contributed by atoms with Crippen molar-refractivity contribution in [2.24, 2.45) is 11.8 Å². The first kappa shape index (κ1) is 15.3. The van der Waals surface area contributed by atoms with E-state index in [2.05, 4.69) is 0 Å². The first-order valence-electron chi connectivity index (χ1n) is 8.17. The van der Waals surface area contributed by atoms with E-state index in [0.29, 0.717) is 18.9 Å². The zero-order chi connectivity index (χ0) is 16.7. The van der Waals surface area contributed by atoms with Gasteiger partial charge in [0.2, 0.25) is 11.8 Å². The molecule has 3 aliphatic rings. The van der Waals surface area contributed by atoms with Crippen LogP contribution in [0, 0.1) is 11.8 Å². The third-order valence-electron chi connectivity index (χ3n) is 4.93. The summed E-state index contributed by atoms with van der Waals surface area (Å²) < 4.78 is 11.7. The van der Waals surface area contributed by atoms with Gasteiger partial charge in [-0.05, 0) is 19.1 Å². The number of fused-ring (bicyclic) bond motifs is 2. The van der Waals surface area contributed by atoms with Gasteiger partial charge in [0.1, 0.15) is 5.60 Å². The number of benzene rings is 1. The zero-order valence-electron chi connectivity index (χ0n) is 13.4. The molecule has 24 heavy (non-hydrogen) atoms. The van der Waals surface area contributed by atoms with Crippen molar-refractivity contribution in [2.45, 2.75) is 18.6 Å². The normalized spacial score (nSPS) is 35.4. The maximum absolute atomic E-state index is 13.1. The summed E-state index contributed by atoms with van der Waals surface area (Å²) in [5.74, 6) is -1.48. The van der Waals surface area contributed by atoms with Crippen LogP contribution in [0.3, 0.4) is 0 Å². The summed E-state index contributed by atoms with van der Waals surface area (Å²) in [7, 11) is 0. The van der Waals surface area contributed by atoms with Crippen LogP contribution >= 0.6 is 0 Å². The smallest absolute Gasteiger partial charge is 0.241 e. The van der Waals surface area contributed by atoms with Crippen LogP contribution in [0.15, 0.2) is 54.6 Å². The number of hydrogen-bond acceptors (Lipinski definition) is 4. The fraction of sp³-hybridized carbons (Fsp3) is 0.368. The Hall–Kier alpha value is -2.24. The van der Waals surface area contributed by atoms with E-state index in [-0.39, 0.29) is 11.8 Å². The van der Waals surface area contributed by atoms with E-state index in [1.165, 1.54) is 4.90 Å². The van der Waals surface area contributed by atoms with Gasteiger partial charge in [-0.25, -0.2) is 4.90 Å². The second-order valence-electron chi connectivity index (χ2n) is 6.33. The number of carbonyl (C=O) groups is 2. The lowest BCUT2D eigenvalue weighted by atomic mass is 9.80. The molecule has 4 atom stereocenters. The third kappa shape index (κ3) is 2.08. The van der Waals surface area contributed by atoms with Crippen LogP contribution < -0.4 is 4.90 Å². The molecule has 124 valence electrons. The highest BCUT2D eigenvalue weighted by molar-refractivity contribution is 6.23. The second kappa shape index (κ2) is 5.69. The minimum Gasteiger partial charge on any atom is -0.374 e. The highest BCUT2D eigenvalue weighted by atomic mass is 16.6. The van der Waals surface area contributed by atoms with E-state index in [1.807, 2.05) is 49.4 Å². The lowest BCUT2D eigenvalue weighted by molar-refractivity contribution is -0.131. The summed E-state index contributed by atoms with van der Waals surface area (Å²) in [6.07, 6.45) is 7.06. The van der Waals surface area contributed by atoms with E-state index < -0.39 is 23.5 Å². The minimum absolute atomic E-state index is 0.199. The van der Waals surface area contributed by atoms with Crippen molar-refractivity contribution >= 4 is 17.5 Å². The highest BCUT2D eigenvalue weighted by Gasteiger charge is 2.65. The number of rotatable bonds is 2.